The van der Waals surface area contributed by atoms with Crippen LogP contribution in [0.1, 0.15) is 56.3 Å². The van der Waals surface area contributed by atoms with E-state index >= 15 is 0 Å². The number of amides is 1. The van der Waals surface area contributed by atoms with E-state index in [4.69, 9.17) is 0 Å². The van der Waals surface area contributed by atoms with Gasteiger partial charge in [-0.05, 0) is 31.2 Å². The lowest BCUT2D eigenvalue weighted by atomic mass is 9.99. The lowest BCUT2D eigenvalue weighted by Gasteiger charge is -2.34. The summed E-state index contributed by atoms with van der Waals surface area (Å²) in [5.74, 6) is 0.991. The first kappa shape index (κ1) is 21.2. The van der Waals surface area contributed by atoms with Crippen molar-refractivity contribution in [2.75, 3.05) is 6.54 Å². The highest BCUT2D eigenvalue weighted by molar-refractivity contribution is 5.77. The summed E-state index contributed by atoms with van der Waals surface area (Å²) in [7, 11) is 0. The second kappa shape index (κ2) is 11.5. The molecule has 0 aliphatic carbocycles. The molecule has 1 aliphatic heterocycles. The third-order valence-electron chi connectivity index (χ3n) is 5.39. The number of benzene rings is 1. The molecule has 1 aromatic carbocycles. The van der Waals surface area contributed by atoms with Crippen molar-refractivity contribution in [3.8, 4) is 0 Å². The zero-order valence-electron chi connectivity index (χ0n) is 16.9. The number of aromatic amines is 1. The Morgan fingerprint density at radius 1 is 1.21 bits per heavy atom. The van der Waals surface area contributed by atoms with Gasteiger partial charge in [-0.1, -0.05) is 60.5 Å². The molecule has 3 rings (SSSR count). The molecule has 1 aliphatic rings. The van der Waals surface area contributed by atoms with Crippen molar-refractivity contribution < 1.29 is 9.90 Å². The summed E-state index contributed by atoms with van der Waals surface area (Å²) in [5, 5.41) is 24.3. The second-order valence-electron chi connectivity index (χ2n) is 7.68. The Balaban J connectivity index is 1.41. The quantitative estimate of drug-likeness (QED) is 0.449. The van der Waals surface area contributed by atoms with Crippen LogP contribution >= 0.6 is 0 Å². The minimum Gasteiger partial charge on any atom is -0.389 e. The third-order valence-corrected chi connectivity index (χ3v) is 5.39. The lowest BCUT2D eigenvalue weighted by molar-refractivity contribution is -0.135. The predicted molar refractivity (Wildman–Crippen MR) is 111 cm³/mol. The van der Waals surface area contributed by atoms with Gasteiger partial charge in [-0.2, -0.15) is 5.21 Å². The Bertz CT molecular complexity index is 748. The summed E-state index contributed by atoms with van der Waals surface area (Å²) < 4.78 is 0. The van der Waals surface area contributed by atoms with Gasteiger partial charge in [0.2, 0.25) is 5.91 Å². The fourth-order valence-corrected chi connectivity index (χ4v) is 3.82. The second-order valence-corrected chi connectivity index (χ2v) is 7.68. The highest BCUT2D eigenvalue weighted by atomic mass is 16.3. The van der Waals surface area contributed by atoms with Gasteiger partial charge in [-0.3, -0.25) is 4.79 Å². The van der Waals surface area contributed by atoms with Crippen LogP contribution in [-0.2, 0) is 17.6 Å². The Kier molecular flexibility index (Phi) is 8.37. The van der Waals surface area contributed by atoms with E-state index in [1.54, 1.807) is 0 Å². The number of nitrogens with zero attached hydrogens (tertiary/aromatic N) is 4. The molecule has 7 nitrogen and oxygen atoms in total. The number of unbranched alkanes of at least 4 members (excludes halogenated alkanes) is 3. The van der Waals surface area contributed by atoms with Crippen LogP contribution in [0.15, 0.2) is 42.5 Å². The average Bonchev–Trinajstić information content (AvgIpc) is 3.24. The van der Waals surface area contributed by atoms with Crippen molar-refractivity contribution >= 4 is 5.91 Å². The fourth-order valence-electron chi connectivity index (χ4n) is 3.82. The van der Waals surface area contributed by atoms with E-state index in [0.29, 0.717) is 12.8 Å². The summed E-state index contributed by atoms with van der Waals surface area (Å²) in [6.07, 6.45) is 11.5. The van der Waals surface area contributed by atoms with Gasteiger partial charge in [0.1, 0.15) is 0 Å². The molecule has 1 unspecified atom stereocenters. The molecule has 156 valence electrons. The minimum absolute atomic E-state index is 0.0982. The van der Waals surface area contributed by atoms with E-state index < -0.39 is 6.10 Å². The van der Waals surface area contributed by atoms with Gasteiger partial charge < -0.3 is 10.0 Å². The summed E-state index contributed by atoms with van der Waals surface area (Å²) in [6.45, 7) is 0.783. The molecule has 0 spiro atoms. The monoisotopic (exact) mass is 397 g/mol. The number of nitrogens with one attached hydrogen (secondary N) is 1. The first-order valence-corrected chi connectivity index (χ1v) is 10.6. The summed E-state index contributed by atoms with van der Waals surface area (Å²) in [5.41, 5.74) is 1.11. The van der Waals surface area contributed by atoms with Gasteiger partial charge in [0.15, 0.2) is 5.82 Å². The van der Waals surface area contributed by atoms with Crippen molar-refractivity contribution in [1.82, 2.24) is 25.5 Å². The van der Waals surface area contributed by atoms with Crippen molar-refractivity contribution in [2.24, 2.45) is 0 Å². The molecule has 1 saturated heterocycles. The zero-order valence-corrected chi connectivity index (χ0v) is 16.9. The number of carbonyl (C=O) groups is 1. The number of aliphatic hydroxyl groups is 1. The fraction of sp³-hybridized carbons (Fsp3) is 0.545. The number of aromatic nitrogens is 4. The maximum atomic E-state index is 12.4. The molecule has 2 N–H and O–H groups in total. The third kappa shape index (κ3) is 7.09. The number of likely N-dealkylation sites (tertiary alicyclic amines) is 1. The standard InChI is InChI=1S/C22H31N5O2/c28-20(17-18-9-4-3-5-10-18)15-14-19-11-8-13-22(29)27(19)16-7-2-1-6-12-21-23-25-26-24-21/h3-5,9-10,14-15,19-20,28H,1-2,6-8,11-13,16-17H2,(H,23,24,25,26)/b15-14+/t19?,20-/m0/s1. The van der Waals surface area contributed by atoms with Crippen LogP contribution < -0.4 is 0 Å². The molecule has 29 heavy (non-hydrogen) atoms. The van der Waals surface area contributed by atoms with E-state index in [2.05, 4.69) is 20.6 Å². The van der Waals surface area contributed by atoms with Gasteiger partial charge >= 0.3 is 0 Å². The molecule has 7 heteroatoms. The zero-order chi connectivity index (χ0) is 20.3. The number of aryl methyl sites for hydroxylation is 1. The van der Waals surface area contributed by atoms with E-state index in [1.807, 2.05) is 47.4 Å². The predicted octanol–water partition coefficient (Wildman–Crippen LogP) is 2.84. The molecule has 0 bridgehead atoms. The van der Waals surface area contributed by atoms with E-state index in [-0.39, 0.29) is 11.9 Å². The number of rotatable bonds is 11. The highest BCUT2D eigenvalue weighted by Crippen LogP contribution is 2.21. The first-order chi connectivity index (χ1) is 14.2. The van der Waals surface area contributed by atoms with E-state index in [9.17, 15) is 9.90 Å². The van der Waals surface area contributed by atoms with Crippen LogP contribution in [0.2, 0.25) is 0 Å². The molecule has 1 amide bonds. The summed E-state index contributed by atoms with van der Waals surface area (Å²) in [6, 6.07) is 10.1. The molecule has 0 radical (unpaired) electrons. The maximum absolute atomic E-state index is 12.4. The molecular weight excluding hydrogens is 366 g/mol. The smallest absolute Gasteiger partial charge is 0.223 e. The molecule has 2 atom stereocenters. The van der Waals surface area contributed by atoms with Gasteiger partial charge in [-0.25, -0.2) is 0 Å². The van der Waals surface area contributed by atoms with Gasteiger partial charge in [-0.15, -0.1) is 10.2 Å². The van der Waals surface area contributed by atoms with E-state index in [1.165, 1.54) is 0 Å². The number of tetrazole rings is 1. The van der Waals surface area contributed by atoms with Crippen molar-refractivity contribution in [2.45, 2.75) is 69.9 Å². The number of carbonyl (C=O) groups excluding carboxylic acids is 1. The van der Waals surface area contributed by atoms with Crippen LogP contribution in [0.3, 0.4) is 0 Å². The van der Waals surface area contributed by atoms with Crippen LogP contribution in [0.25, 0.3) is 0 Å². The highest BCUT2D eigenvalue weighted by Gasteiger charge is 2.25. The Labute approximate surface area is 172 Å². The molecule has 2 aromatic rings. The maximum Gasteiger partial charge on any atom is 0.223 e. The van der Waals surface area contributed by atoms with Crippen molar-refractivity contribution in [3.05, 3.63) is 53.9 Å². The largest absolute Gasteiger partial charge is 0.389 e. The average molecular weight is 398 g/mol. The number of piperidine rings is 1. The summed E-state index contributed by atoms with van der Waals surface area (Å²) >= 11 is 0. The van der Waals surface area contributed by atoms with Crippen LogP contribution in [0.5, 0.6) is 0 Å². The Morgan fingerprint density at radius 2 is 2.03 bits per heavy atom. The van der Waals surface area contributed by atoms with Gasteiger partial charge in [0, 0.05) is 25.8 Å². The van der Waals surface area contributed by atoms with Gasteiger partial charge in [0.25, 0.3) is 0 Å². The molecule has 0 saturated carbocycles. The van der Waals surface area contributed by atoms with Crippen molar-refractivity contribution in [3.63, 3.8) is 0 Å². The minimum atomic E-state index is -0.526. The normalized spacial score (nSPS) is 18.4. The Hall–Kier alpha value is -2.54. The number of aliphatic hydroxyl groups excluding tert-OH is 1. The lowest BCUT2D eigenvalue weighted by Crippen LogP contribution is -2.43. The Morgan fingerprint density at radius 3 is 2.83 bits per heavy atom. The first-order valence-electron chi connectivity index (χ1n) is 10.6. The molecular formula is C22H31N5O2. The van der Waals surface area contributed by atoms with E-state index in [0.717, 1.165) is 62.9 Å². The molecule has 1 fully saturated rings. The number of hydrogen-bond donors (Lipinski definition) is 2. The van der Waals surface area contributed by atoms with Crippen LogP contribution in [0.4, 0.5) is 0 Å². The van der Waals surface area contributed by atoms with Crippen molar-refractivity contribution in [1.29, 1.82) is 0 Å². The van der Waals surface area contributed by atoms with Gasteiger partial charge in [0.05, 0.1) is 12.1 Å². The molecule has 1 aromatic heterocycles. The topological polar surface area (TPSA) is 95.0 Å². The van der Waals surface area contributed by atoms with Crippen LogP contribution in [-0.4, -0.2) is 55.2 Å². The number of hydrogen-bond acceptors (Lipinski definition) is 5. The van der Waals surface area contributed by atoms with Crippen LogP contribution in [0, 0.1) is 0 Å². The molecule has 2 heterocycles. The number of H-pyrrole nitrogens is 1. The SMILES string of the molecule is O=C1CCCC(/C=C/[C@H](O)Cc2ccccc2)N1CCCCCCc1nn[nH]n1. The summed E-state index contributed by atoms with van der Waals surface area (Å²) in [4.78, 5) is 14.4.